The summed E-state index contributed by atoms with van der Waals surface area (Å²) < 4.78 is 48.1. The molecule has 0 radical (unpaired) electrons. The maximum Gasteiger partial charge on any atom is 0.190 e. The van der Waals surface area contributed by atoms with E-state index in [1.54, 1.807) is 12.1 Å². The van der Waals surface area contributed by atoms with Crippen LogP contribution in [0.5, 0.6) is 5.75 Å². The Labute approximate surface area is 175 Å². The highest BCUT2D eigenvalue weighted by Crippen LogP contribution is 2.39. The molecule has 158 valence electrons. The van der Waals surface area contributed by atoms with Gasteiger partial charge < -0.3 is 4.74 Å². The summed E-state index contributed by atoms with van der Waals surface area (Å²) in [5, 5.41) is 1.28. The predicted molar refractivity (Wildman–Crippen MR) is 115 cm³/mol. The number of halogens is 3. The lowest BCUT2D eigenvalue weighted by atomic mass is 9.77. The van der Waals surface area contributed by atoms with E-state index in [1.165, 1.54) is 51.2 Å². The molecule has 1 aliphatic rings. The van der Waals surface area contributed by atoms with Gasteiger partial charge in [-0.3, -0.25) is 0 Å². The van der Waals surface area contributed by atoms with E-state index in [2.05, 4.69) is 13.0 Å². The Morgan fingerprint density at radius 2 is 1.60 bits per heavy atom. The van der Waals surface area contributed by atoms with Crippen LogP contribution in [0.25, 0.3) is 21.9 Å². The van der Waals surface area contributed by atoms with Crippen LogP contribution in [0.3, 0.4) is 0 Å². The van der Waals surface area contributed by atoms with E-state index < -0.39 is 23.2 Å². The largest absolute Gasteiger partial charge is 0.491 e. The Morgan fingerprint density at radius 1 is 0.900 bits per heavy atom. The van der Waals surface area contributed by atoms with Gasteiger partial charge in [-0.1, -0.05) is 50.1 Å². The van der Waals surface area contributed by atoms with Crippen LogP contribution < -0.4 is 4.74 Å². The monoisotopic (exact) mass is 412 g/mol. The number of benzene rings is 3. The first-order valence-electron chi connectivity index (χ1n) is 10.8. The Hall–Kier alpha value is -2.49. The summed E-state index contributed by atoms with van der Waals surface area (Å²) in [6.07, 6.45) is 7.44. The van der Waals surface area contributed by atoms with Crippen LogP contribution in [-0.4, -0.2) is 7.11 Å². The number of hydrogen-bond acceptors (Lipinski definition) is 1. The van der Waals surface area contributed by atoms with Crippen molar-refractivity contribution in [2.24, 2.45) is 5.92 Å². The molecule has 1 fully saturated rings. The molecule has 0 N–H and O–H groups in total. The maximum atomic E-state index is 15.2. The molecule has 4 heteroatoms. The molecule has 0 unspecified atom stereocenters. The van der Waals surface area contributed by atoms with Crippen LogP contribution in [0.4, 0.5) is 13.2 Å². The van der Waals surface area contributed by atoms with Crippen molar-refractivity contribution in [2.45, 2.75) is 51.4 Å². The molecule has 4 rings (SSSR count). The summed E-state index contributed by atoms with van der Waals surface area (Å²) in [5.74, 6) is -1.25. The molecule has 3 aromatic rings. The van der Waals surface area contributed by atoms with Crippen LogP contribution in [0.2, 0.25) is 0 Å². The van der Waals surface area contributed by atoms with Crippen molar-refractivity contribution in [3.8, 4) is 16.9 Å². The Morgan fingerprint density at radius 3 is 2.23 bits per heavy atom. The lowest BCUT2D eigenvalue weighted by molar-refractivity contribution is 0.308. The Bertz CT molecular complexity index is 1030. The molecule has 3 aromatic carbocycles. The van der Waals surface area contributed by atoms with Crippen LogP contribution in [0, 0.1) is 23.4 Å². The fourth-order valence-electron chi connectivity index (χ4n) is 4.89. The molecule has 1 saturated carbocycles. The van der Waals surface area contributed by atoms with Crippen LogP contribution in [0.15, 0.2) is 42.5 Å². The number of methoxy groups -OCH3 is 1. The van der Waals surface area contributed by atoms with Gasteiger partial charge in [0.25, 0.3) is 0 Å². The molecule has 0 atom stereocenters. The summed E-state index contributed by atoms with van der Waals surface area (Å²) >= 11 is 0. The van der Waals surface area contributed by atoms with E-state index in [1.807, 2.05) is 12.1 Å². The lowest BCUT2D eigenvalue weighted by Crippen LogP contribution is -2.13. The summed E-state index contributed by atoms with van der Waals surface area (Å²) in [4.78, 5) is 0. The fourth-order valence-corrected chi connectivity index (χ4v) is 4.89. The molecule has 0 saturated heterocycles. The third kappa shape index (κ3) is 3.92. The normalized spacial score (nSPS) is 19.2. The van der Waals surface area contributed by atoms with E-state index in [-0.39, 0.29) is 11.1 Å². The van der Waals surface area contributed by atoms with Crippen LogP contribution >= 0.6 is 0 Å². The SMILES string of the molecule is CCCC1CCC(c2ccc3c(F)c(-c4cc(F)c(OC)c(F)c4)ccc3c2)CC1. The molecule has 0 bridgehead atoms. The average molecular weight is 412 g/mol. The van der Waals surface area contributed by atoms with E-state index in [9.17, 15) is 8.78 Å². The van der Waals surface area contributed by atoms with Gasteiger partial charge in [0.15, 0.2) is 17.4 Å². The molecule has 0 spiro atoms. The second-order valence-corrected chi connectivity index (χ2v) is 8.39. The zero-order valence-electron chi connectivity index (χ0n) is 17.5. The van der Waals surface area contributed by atoms with Crippen molar-refractivity contribution in [2.75, 3.05) is 7.11 Å². The summed E-state index contributed by atoms with van der Waals surface area (Å²) in [6, 6.07) is 11.5. The molecule has 0 aliphatic heterocycles. The van der Waals surface area contributed by atoms with E-state index in [0.717, 1.165) is 23.4 Å². The third-order valence-corrected chi connectivity index (χ3v) is 6.51. The number of fused-ring (bicyclic) bond motifs is 1. The van der Waals surface area contributed by atoms with E-state index in [4.69, 9.17) is 4.74 Å². The minimum Gasteiger partial charge on any atom is -0.491 e. The molecular weight excluding hydrogens is 385 g/mol. The van der Waals surface area contributed by atoms with Crippen LogP contribution in [-0.2, 0) is 0 Å². The quantitative estimate of drug-likeness (QED) is 0.412. The fraction of sp³-hybridized carbons (Fsp3) is 0.385. The molecule has 1 nitrogen and oxygen atoms in total. The van der Waals surface area contributed by atoms with Crippen LogP contribution in [0.1, 0.15) is 56.9 Å². The molecule has 0 heterocycles. The van der Waals surface area contributed by atoms with E-state index in [0.29, 0.717) is 11.3 Å². The maximum absolute atomic E-state index is 15.2. The third-order valence-electron chi connectivity index (χ3n) is 6.51. The molecule has 30 heavy (non-hydrogen) atoms. The predicted octanol–water partition coefficient (Wildman–Crippen LogP) is 8.01. The molecule has 0 amide bonds. The second-order valence-electron chi connectivity index (χ2n) is 8.39. The summed E-state index contributed by atoms with van der Waals surface area (Å²) in [5.41, 5.74) is 1.59. The summed E-state index contributed by atoms with van der Waals surface area (Å²) in [6.45, 7) is 2.24. The first kappa shape index (κ1) is 20.8. The van der Waals surface area contributed by atoms with Gasteiger partial charge in [0.05, 0.1) is 7.11 Å². The van der Waals surface area contributed by atoms with Crippen molar-refractivity contribution in [3.05, 3.63) is 65.5 Å². The molecular formula is C26H27F3O. The van der Waals surface area contributed by atoms with Gasteiger partial charge in [0.2, 0.25) is 0 Å². The summed E-state index contributed by atoms with van der Waals surface area (Å²) in [7, 11) is 1.20. The van der Waals surface area contributed by atoms with Gasteiger partial charge in [-0.25, -0.2) is 13.2 Å². The zero-order chi connectivity index (χ0) is 21.3. The Kier molecular flexibility index (Phi) is 6.03. The highest BCUT2D eigenvalue weighted by Gasteiger charge is 2.22. The van der Waals surface area contributed by atoms with Crippen molar-refractivity contribution in [1.29, 1.82) is 0 Å². The van der Waals surface area contributed by atoms with Gasteiger partial charge >= 0.3 is 0 Å². The second kappa shape index (κ2) is 8.71. The minimum absolute atomic E-state index is 0.156. The smallest absolute Gasteiger partial charge is 0.190 e. The van der Waals surface area contributed by atoms with Gasteiger partial charge in [0, 0.05) is 10.9 Å². The number of rotatable bonds is 5. The first-order valence-corrected chi connectivity index (χ1v) is 10.8. The molecule has 1 aliphatic carbocycles. The number of hydrogen-bond donors (Lipinski definition) is 0. The number of ether oxygens (including phenoxy) is 1. The van der Waals surface area contributed by atoms with E-state index >= 15 is 4.39 Å². The highest BCUT2D eigenvalue weighted by atomic mass is 19.1. The standard InChI is InChI=1S/C26H27F3O/c1-3-4-16-5-7-17(8-6-16)18-9-11-21-19(13-18)10-12-22(25(21)29)20-14-23(27)26(30-2)24(28)15-20/h9-17H,3-8H2,1-2H3. The Balaban J connectivity index is 1.64. The molecule has 0 aromatic heterocycles. The zero-order valence-corrected chi connectivity index (χ0v) is 17.5. The minimum atomic E-state index is -0.846. The van der Waals surface area contributed by atoms with Gasteiger partial charge in [-0.15, -0.1) is 0 Å². The lowest BCUT2D eigenvalue weighted by Gasteiger charge is -2.28. The first-order chi connectivity index (χ1) is 14.5. The average Bonchev–Trinajstić information content (AvgIpc) is 2.74. The van der Waals surface area contributed by atoms with Crippen molar-refractivity contribution >= 4 is 10.8 Å². The van der Waals surface area contributed by atoms with Gasteiger partial charge in [-0.05, 0) is 66.2 Å². The topological polar surface area (TPSA) is 9.23 Å². The van der Waals surface area contributed by atoms with Crippen molar-refractivity contribution in [1.82, 2.24) is 0 Å². The van der Waals surface area contributed by atoms with Crippen molar-refractivity contribution in [3.63, 3.8) is 0 Å². The van der Waals surface area contributed by atoms with Gasteiger partial charge in [0.1, 0.15) is 5.82 Å². The van der Waals surface area contributed by atoms with Gasteiger partial charge in [-0.2, -0.15) is 0 Å². The van der Waals surface area contributed by atoms with Crippen molar-refractivity contribution < 1.29 is 17.9 Å². The highest BCUT2D eigenvalue weighted by molar-refractivity contribution is 5.89.